The molecule has 0 saturated carbocycles. The molecule has 0 aliphatic carbocycles. The van der Waals surface area contributed by atoms with E-state index in [1.165, 1.54) is 16.8 Å². The fraction of sp³-hybridized carbons (Fsp3) is 0.417. The van der Waals surface area contributed by atoms with Gasteiger partial charge in [0.15, 0.2) is 0 Å². The summed E-state index contributed by atoms with van der Waals surface area (Å²) in [6.45, 7) is 6.86. The Morgan fingerprint density at radius 3 is 2.41 bits per heavy atom. The largest absolute Gasteiger partial charge is 0.516 e. The maximum absolute atomic E-state index is 12.7. The van der Waals surface area contributed by atoms with E-state index in [9.17, 15) is 26.4 Å². The van der Waals surface area contributed by atoms with Gasteiger partial charge in [-0.3, -0.25) is 4.72 Å². The highest BCUT2D eigenvalue weighted by Gasteiger charge is 2.46. The van der Waals surface area contributed by atoms with Gasteiger partial charge in [0.1, 0.15) is 5.60 Å². The molecule has 0 bridgehead atoms. The highest BCUT2D eigenvalue weighted by Crippen LogP contribution is 2.34. The van der Waals surface area contributed by atoms with E-state index >= 15 is 0 Å². The number of carbonyl (C=O) groups is 1. The molecule has 3 aromatic rings. The first-order valence-electron chi connectivity index (χ1n) is 11.7. The number of benzene rings is 2. The van der Waals surface area contributed by atoms with E-state index in [1.54, 1.807) is 49.9 Å². The Labute approximate surface area is 212 Å². The van der Waals surface area contributed by atoms with Crippen LogP contribution in [0, 0.1) is 0 Å². The zero-order valence-electron chi connectivity index (χ0n) is 20.5. The number of hydrogen-bond acceptors (Lipinski definition) is 7. The average molecular weight is 540 g/mol. The molecule has 9 nitrogen and oxygen atoms in total. The molecule has 1 aromatic heterocycles. The van der Waals surface area contributed by atoms with Crippen LogP contribution in [-0.2, 0) is 14.8 Å². The summed E-state index contributed by atoms with van der Waals surface area (Å²) < 4.78 is 69.4. The van der Waals surface area contributed by atoms with E-state index in [1.807, 2.05) is 17.0 Å². The van der Waals surface area contributed by atoms with Crippen molar-refractivity contribution in [2.24, 2.45) is 0 Å². The second-order valence-corrected chi connectivity index (χ2v) is 11.4. The van der Waals surface area contributed by atoms with Gasteiger partial charge in [0.05, 0.1) is 11.7 Å². The van der Waals surface area contributed by atoms with Gasteiger partial charge >= 0.3 is 21.6 Å². The van der Waals surface area contributed by atoms with Crippen LogP contribution in [0.25, 0.3) is 10.9 Å². The van der Waals surface area contributed by atoms with Gasteiger partial charge in [0.25, 0.3) is 0 Å². The minimum Gasteiger partial charge on any atom is -0.442 e. The van der Waals surface area contributed by atoms with Crippen molar-refractivity contribution in [2.75, 3.05) is 22.7 Å². The zero-order chi connectivity index (χ0) is 27.0. The number of piperidine rings is 1. The highest BCUT2D eigenvalue weighted by atomic mass is 32.2. The van der Waals surface area contributed by atoms with E-state index in [2.05, 4.69) is 10.4 Å². The number of nitrogens with one attached hydrogen (secondary N) is 2. The van der Waals surface area contributed by atoms with Crippen molar-refractivity contribution < 1.29 is 31.1 Å². The Kier molecular flexibility index (Phi) is 7.12. The van der Waals surface area contributed by atoms with Crippen molar-refractivity contribution >= 4 is 44.1 Å². The number of alkyl halides is 3. The second-order valence-electron chi connectivity index (χ2n) is 9.75. The molecule has 37 heavy (non-hydrogen) atoms. The van der Waals surface area contributed by atoms with Crippen molar-refractivity contribution in [3.05, 3.63) is 48.7 Å². The first kappa shape index (κ1) is 26.7. The maximum atomic E-state index is 12.7. The molecule has 200 valence electrons. The molecule has 2 N–H and O–H groups in total. The number of nitrogens with zero attached hydrogens (tertiary/aromatic N) is 3. The lowest BCUT2D eigenvalue weighted by molar-refractivity contribution is -0.0429. The Morgan fingerprint density at radius 1 is 1.14 bits per heavy atom. The Bertz CT molecular complexity index is 1380. The number of halogens is 3. The molecule has 4 rings (SSSR count). The molecule has 0 spiro atoms. The van der Waals surface area contributed by atoms with E-state index in [0.29, 0.717) is 23.1 Å². The Balaban J connectivity index is 1.67. The third-order valence-corrected chi connectivity index (χ3v) is 6.85. The summed E-state index contributed by atoms with van der Waals surface area (Å²) in [4.78, 5) is 14.6. The fourth-order valence-corrected chi connectivity index (χ4v) is 4.71. The molecule has 1 aliphatic heterocycles. The van der Waals surface area contributed by atoms with E-state index in [4.69, 9.17) is 4.74 Å². The van der Waals surface area contributed by atoms with Gasteiger partial charge in [0.2, 0.25) is 0 Å². The Morgan fingerprint density at radius 2 is 1.81 bits per heavy atom. The molecule has 1 aliphatic rings. The summed E-state index contributed by atoms with van der Waals surface area (Å²) >= 11 is 0. The van der Waals surface area contributed by atoms with Gasteiger partial charge in [0, 0.05) is 35.0 Å². The minimum atomic E-state index is -5.52. The molecule has 1 atom stereocenters. The molecule has 1 saturated heterocycles. The van der Waals surface area contributed by atoms with Crippen molar-refractivity contribution in [1.29, 1.82) is 0 Å². The second kappa shape index (κ2) is 9.86. The lowest BCUT2D eigenvalue weighted by Gasteiger charge is -2.36. The lowest BCUT2D eigenvalue weighted by atomic mass is 10.0. The van der Waals surface area contributed by atoms with Crippen LogP contribution in [0.15, 0.2) is 48.7 Å². The maximum Gasteiger partial charge on any atom is 0.516 e. The lowest BCUT2D eigenvalue weighted by Crippen LogP contribution is -2.43. The Hall–Kier alpha value is -3.32. The van der Waals surface area contributed by atoms with Gasteiger partial charge in [-0.1, -0.05) is 0 Å². The average Bonchev–Trinajstić information content (AvgIpc) is 3.23. The molecule has 2 aromatic carbocycles. The third-order valence-electron chi connectivity index (χ3n) is 5.73. The van der Waals surface area contributed by atoms with Crippen LogP contribution in [0.4, 0.5) is 35.0 Å². The number of hydrogen-bond donors (Lipinski definition) is 2. The van der Waals surface area contributed by atoms with Gasteiger partial charge in [-0.25, -0.2) is 4.79 Å². The van der Waals surface area contributed by atoms with Gasteiger partial charge in [-0.15, -0.1) is 0 Å². The normalized spacial score (nSPS) is 17.0. The zero-order valence-corrected chi connectivity index (χ0v) is 21.4. The molecule has 1 fully saturated rings. The standard InChI is InChI=1S/C24H28F3N5O4S/c1-23(2,3)36-22(33)32-21-11-10-19(13-16(21)14-29-32)31(20-5-4-12-28-15-20)18-8-6-17(7-9-18)30-37(34,35)24(25,26)27/h6-11,13-14,20,28,30H,4-5,12,15H2,1-3H3. The van der Waals surface area contributed by atoms with Crippen LogP contribution in [0.5, 0.6) is 0 Å². The third kappa shape index (κ3) is 5.99. The summed E-state index contributed by atoms with van der Waals surface area (Å²) in [5.41, 5.74) is -4.27. The van der Waals surface area contributed by atoms with Crippen LogP contribution in [0.2, 0.25) is 0 Å². The van der Waals surface area contributed by atoms with Crippen molar-refractivity contribution in [2.45, 2.75) is 50.8 Å². The molecular weight excluding hydrogens is 511 g/mol. The summed E-state index contributed by atoms with van der Waals surface area (Å²) in [5, 5.41) is 8.24. The summed E-state index contributed by atoms with van der Waals surface area (Å²) in [7, 11) is -5.52. The quantitative estimate of drug-likeness (QED) is 0.472. The van der Waals surface area contributed by atoms with Crippen molar-refractivity contribution in [3.8, 4) is 0 Å². The number of carbonyl (C=O) groups excluding carboxylic acids is 1. The predicted octanol–water partition coefficient (Wildman–Crippen LogP) is 4.97. The molecule has 2 heterocycles. The minimum absolute atomic E-state index is 0.0322. The number of ether oxygens (including phenoxy) is 1. The van der Waals surface area contributed by atoms with Crippen molar-refractivity contribution in [1.82, 2.24) is 15.1 Å². The van der Waals surface area contributed by atoms with Crippen LogP contribution in [0.1, 0.15) is 33.6 Å². The fourth-order valence-electron chi connectivity index (χ4n) is 4.15. The molecule has 13 heteroatoms. The number of anilines is 3. The number of sulfonamides is 1. The molecule has 0 radical (unpaired) electrons. The highest BCUT2D eigenvalue weighted by molar-refractivity contribution is 7.93. The summed E-state index contributed by atoms with van der Waals surface area (Å²) in [6.07, 6.45) is 2.77. The molecule has 1 unspecified atom stereocenters. The van der Waals surface area contributed by atoms with E-state index in [-0.39, 0.29) is 11.7 Å². The molecular formula is C24H28F3N5O4S. The summed E-state index contributed by atoms with van der Waals surface area (Å²) in [5.74, 6) is 0. The number of fused-ring (bicyclic) bond motifs is 1. The summed E-state index contributed by atoms with van der Waals surface area (Å²) in [6, 6.07) is 11.2. The van der Waals surface area contributed by atoms with Crippen LogP contribution in [-0.4, -0.2) is 54.5 Å². The van der Waals surface area contributed by atoms with Gasteiger partial charge < -0.3 is 15.0 Å². The van der Waals surface area contributed by atoms with Gasteiger partial charge in [-0.05, 0) is 82.6 Å². The van der Waals surface area contributed by atoms with Gasteiger partial charge in [-0.2, -0.15) is 31.4 Å². The number of rotatable bonds is 5. The monoisotopic (exact) mass is 539 g/mol. The first-order valence-corrected chi connectivity index (χ1v) is 13.1. The van der Waals surface area contributed by atoms with Crippen LogP contribution < -0.4 is 14.9 Å². The van der Waals surface area contributed by atoms with Crippen LogP contribution in [0.3, 0.4) is 0 Å². The van der Waals surface area contributed by atoms with Crippen LogP contribution >= 0.6 is 0 Å². The van der Waals surface area contributed by atoms with Crippen molar-refractivity contribution in [3.63, 3.8) is 0 Å². The first-order chi connectivity index (χ1) is 17.2. The number of aromatic nitrogens is 2. The molecule has 0 amide bonds. The topological polar surface area (TPSA) is 106 Å². The predicted molar refractivity (Wildman–Crippen MR) is 134 cm³/mol. The smallest absolute Gasteiger partial charge is 0.442 e. The van der Waals surface area contributed by atoms with E-state index < -0.39 is 27.2 Å². The SMILES string of the molecule is CC(C)(C)OC(=O)n1ncc2cc(N(c3ccc(NS(=O)(=O)C(F)(F)F)cc3)C3CCCNC3)ccc21. The van der Waals surface area contributed by atoms with E-state index in [0.717, 1.165) is 25.1 Å².